The lowest BCUT2D eigenvalue weighted by Gasteiger charge is -2.30. The molecular weight excluding hydrogens is 248 g/mol. The van der Waals surface area contributed by atoms with E-state index in [4.69, 9.17) is 10.5 Å². The van der Waals surface area contributed by atoms with Crippen LogP contribution >= 0.6 is 0 Å². The summed E-state index contributed by atoms with van der Waals surface area (Å²) in [6, 6.07) is 8.32. The maximum Gasteiger partial charge on any atom is 0.118 e. The van der Waals surface area contributed by atoms with Crippen LogP contribution in [0.2, 0.25) is 0 Å². The van der Waals surface area contributed by atoms with Crippen LogP contribution in [0.5, 0.6) is 5.75 Å². The van der Waals surface area contributed by atoms with Crippen LogP contribution in [0.25, 0.3) is 0 Å². The molecule has 0 spiro atoms. The Morgan fingerprint density at radius 3 is 2.55 bits per heavy atom. The minimum Gasteiger partial charge on any atom is -0.497 e. The zero-order valence-corrected chi connectivity index (χ0v) is 12.8. The van der Waals surface area contributed by atoms with E-state index in [0.29, 0.717) is 6.54 Å². The standard InChI is InChI=1S/C17H28N2O/c1-17(13-18,19-12-10-15-3-4-15)11-9-14-5-7-16(20-2)8-6-14/h5-8,15,19H,3-4,9-13,18H2,1-2H3. The zero-order valence-electron chi connectivity index (χ0n) is 12.8. The molecule has 1 unspecified atom stereocenters. The molecule has 20 heavy (non-hydrogen) atoms. The van der Waals surface area contributed by atoms with Gasteiger partial charge in [-0.3, -0.25) is 0 Å². The normalized spacial score (nSPS) is 17.8. The van der Waals surface area contributed by atoms with Crippen molar-refractivity contribution in [2.45, 2.75) is 44.6 Å². The second-order valence-electron chi connectivity index (χ2n) is 6.27. The summed E-state index contributed by atoms with van der Waals surface area (Å²) in [6.45, 7) is 4.03. The summed E-state index contributed by atoms with van der Waals surface area (Å²) in [5.41, 5.74) is 7.36. The molecule has 2 rings (SSSR count). The summed E-state index contributed by atoms with van der Waals surface area (Å²) in [7, 11) is 1.70. The molecule has 1 aromatic carbocycles. The number of aryl methyl sites for hydroxylation is 1. The van der Waals surface area contributed by atoms with E-state index in [0.717, 1.165) is 31.1 Å². The first-order chi connectivity index (χ1) is 9.65. The Hall–Kier alpha value is -1.06. The average molecular weight is 276 g/mol. The number of benzene rings is 1. The van der Waals surface area contributed by atoms with Gasteiger partial charge in [-0.2, -0.15) is 0 Å². The lowest BCUT2D eigenvalue weighted by Crippen LogP contribution is -2.49. The number of hydrogen-bond acceptors (Lipinski definition) is 3. The van der Waals surface area contributed by atoms with Gasteiger partial charge in [0.15, 0.2) is 0 Å². The molecular formula is C17H28N2O. The van der Waals surface area contributed by atoms with E-state index in [9.17, 15) is 0 Å². The smallest absolute Gasteiger partial charge is 0.118 e. The Kier molecular flexibility index (Phi) is 5.44. The number of nitrogens with two attached hydrogens (primary N) is 1. The van der Waals surface area contributed by atoms with E-state index < -0.39 is 0 Å². The first kappa shape index (κ1) is 15.3. The fourth-order valence-electron chi connectivity index (χ4n) is 2.46. The molecule has 0 bridgehead atoms. The van der Waals surface area contributed by atoms with Crippen LogP contribution in [0.3, 0.4) is 0 Å². The molecule has 0 amide bonds. The summed E-state index contributed by atoms with van der Waals surface area (Å²) in [4.78, 5) is 0. The fourth-order valence-corrected chi connectivity index (χ4v) is 2.46. The van der Waals surface area contributed by atoms with Crippen molar-refractivity contribution in [3.63, 3.8) is 0 Å². The number of ether oxygens (including phenoxy) is 1. The highest BCUT2D eigenvalue weighted by molar-refractivity contribution is 5.27. The summed E-state index contributed by atoms with van der Waals surface area (Å²) >= 11 is 0. The van der Waals surface area contributed by atoms with Gasteiger partial charge in [0, 0.05) is 12.1 Å². The van der Waals surface area contributed by atoms with Crippen molar-refractivity contribution >= 4 is 0 Å². The lowest BCUT2D eigenvalue weighted by molar-refractivity contribution is 0.335. The maximum atomic E-state index is 5.97. The van der Waals surface area contributed by atoms with Gasteiger partial charge < -0.3 is 15.8 Å². The molecule has 3 N–H and O–H groups in total. The molecule has 1 aromatic rings. The highest BCUT2D eigenvalue weighted by Gasteiger charge is 2.24. The van der Waals surface area contributed by atoms with Gasteiger partial charge in [0.2, 0.25) is 0 Å². The third-order valence-corrected chi connectivity index (χ3v) is 4.38. The van der Waals surface area contributed by atoms with Crippen LogP contribution in [0.4, 0.5) is 0 Å². The Morgan fingerprint density at radius 1 is 1.30 bits per heavy atom. The van der Waals surface area contributed by atoms with Crippen molar-refractivity contribution in [3.8, 4) is 5.75 Å². The van der Waals surface area contributed by atoms with Gasteiger partial charge in [-0.1, -0.05) is 25.0 Å². The van der Waals surface area contributed by atoms with Crippen LogP contribution < -0.4 is 15.8 Å². The van der Waals surface area contributed by atoms with Crippen molar-refractivity contribution in [2.24, 2.45) is 11.7 Å². The van der Waals surface area contributed by atoms with Crippen molar-refractivity contribution < 1.29 is 4.74 Å². The Balaban J connectivity index is 1.77. The minimum absolute atomic E-state index is 0.0504. The van der Waals surface area contributed by atoms with E-state index in [2.05, 4.69) is 24.4 Å². The topological polar surface area (TPSA) is 47.3 Å². The van der Waals surface area contributed by atoms with Gasteiger partial charge in [-0.05, 0) is 56.3 Å². The van der Waals surface area contributed by atoms with E-state index in [1.54, 1.807) is 7.11 Å². The van der Waals surface area contributed by atoms with E-state index in [-0.39, 0.29) is 5.54 Å². The third kappa shape index (κ3) is 4.80. The van der Waals surface area contributed by atoms with Gasteiger partial charge >= 0.3 is 0 Å². The molecule has 1 saturated carbocycles. The first-order valence-electron chi connectivity index (χ1n) is 7.73. The van der Waals surface area contributed by atoms with Gasteiger partial charge in [0.25, 0.3) is 0 Å². The molecule has 1 fully saturated rings. The molecule has 0 heterocycles. The molecule has 1 aliphatic carbocycles. The Bertz CT molecular complexity index is 400. The van der Waals surface area contributed by atoms with Gasteiger partial charge in [0.05, 0.1) is 7.11 Å². The van der Waals surface area contributed by atoms with Gasteiger partial charge in [-0.15, -0.1) is 0 Å². The number of nitrogens with one attached hydrogen (secondary N) is 1. The summed E-state index contributed by atoms with van der Waals surface area (Å²) in [5.74, 6) is 1.89. The molecule has 1 aliphatic rings. The molecule has 112 valence electrons. The molecule has 0 aliphatic heterocycles. The number of methoxy groups -OCH3 is 1. The second-order valence-corrected chi connectivity index (χ2v) is 6.27. The molecule has 1 atom stereocenters. The third-order valence-electron chi connectivity index (χ3n) is 4.38. The monoisotopic (exact) mass is 276 g/mol. The van der Waals surface area contributed by atoms with Crippen LogP contribution in [0.1, 0.15) is 38.2 Å². The van der Waals surface area contributed by atoms with E-state index in [1.807, 2.05) is 12.1 Å². The van der Waals surface area contributed by atoms with Crippen molar-refractivity contribution in [3.05, 3.63) is 29.8 Å². The summed E-state index contributed by atoms with van der Waals surface area (Å²) in [5, 5.41) is 3.66. The average Bonchev–Trinajstić information content (AvgIpc) is 3.30. The molecule has 0 radical (unpaired) electrons. The quantitative estimate of drug-likeness (QED) is 0.729. The van der Waals surface area contributed by atoms with Gasteiger partial charge in [-0.25, -0.2) is 0 Å². The fraction of sp³-hybridized carbons (Fsp3) is 0.647. The largest absolute Gasteiger partial charge is 0.497 e. The van der Waals surface area contributed by atoms with Gasteiger partial charge in [0.1, 0.15) is 5.75 Å². The number of hydrogen-bond donors (Lipinski definition) is 2. The predicted molar refractivity (Wildman–Crippen MR) is 84.1 cm³/mol. The van der Waals surface area contributed by atoms with Crippen LogP contribution in [-0.2, 0) is 6.42 Å². The highest BCUT2D eigenvalue weighted by Crippen LogP contribution is 2.32. The Morgan fingerprint density at radius 2 is 2.00 bits per heavy atom. The number of rotatable bonds is 9. The molecule has 0 aromatic heterocycles. The second kappa shape index (κ2) is 7.09. The maximum absolute atomic E-state index is 5.97. The highest BCUT2D eigenvalue weighted by atomic mass is 16.5. The Labute approximate surface area is 122 Å². The van der Waals surface area contributed by atoms with Crippen molar-refractivity contribution in [2.75, 3.05) is 20.2 Å². The molecule has 3 heteroatoms. The summed E-state index contributed by atoms with van der Waals surface area (Å²) in [6.07, 6.45) is 6.27. The lowest BCUT2D eigenvalue weighted by atomic mass is 9.93. The molecule has 0 saturated heterocycles. The van der Waals surface area contributed by atoms with Crippen LogP contribution in [0, 0.1) is 5.92 Å². The first-order valence-corrected chi connectivity index (χ1v) is 7.73. The zero-order chi connectivity index (χ0) is 14.4. The van der Waals surface area contributed by atoms with E-state index in [1.165, 1.54) is 24.8 Å². The predicted octanol–water partition coefficient (Wildman–Crippen LogP) is 2.73. The van der Waals surface area contributed by atoms with E-state index >= 15 is 0 Å². The summed E-state index contributed by atoms with van der Waals surface area (Å²) < 4.78 is 5.18. The van der Waals surface area contributed by atoms with Crippen molar-refractivity contribution in [1.29, 1.82) is 0 Å². The minimum atomic E-state index is 0.0504. The van der Waals surface area contributed by atoms with Crippen molar-refractivity contribution in [1.82, 2.24) is 5.32 Å². The molecule has 3 nitrogen and oxygen atoms in total. The van der Waals surface area contributed by atoms with Crippen LogP contribution in [-0.4, -0.2) is 25.7 Å². The van der Waals surface area contributed by atoms with Crippen LogP contribution in [0.15, 0.2) is 24.3 Å². The SMILES string of the molecule is COc1ccc(CCC(C)(CN)NCCC2CC2)cc1.